The molecule has 0 atom stereocenters. The first-order valence-corrected chi connectivity index (χ1v) is 10.7. The number of thioether (sulfide) groups is 1. The summed E-state index contributed by atoms with van der Waals surface area (Å²) >= 11 is 6.74. The molecule has 6 nitrogen and oxygen atoms in total. The van der Waals surface area contributed by atoms with Gasteiger partial charge < -0.3 is 14.8 Å². The van der Waals surface area contributed by atoms with Crippen LogP contribution in [0.3, 0.4) is 0 Å². The van der Waals surface area contributed by atoms with Crippen LogP contribution >= 0.6 is 24.0 Å². The van der Waals surface area contributed by atoms with E-state index in [1.165, 1.54) is 11.1 Å². The van der Waals surface area contributed by atoms with Crippen LogP contribution in [0.15, 0.2) is 42.5 Å². The largest absolute Gasteiger partial charge is 0.493 e. The van der Waals surface area contributed by atoms with Crippen LogP contribution in [0.5, 0.6) is 11.5 Å². The number of nitrogens with one attached hydrogen (secondary N) is 3. The highest BCUT2D eigenvalue weighted by molar-refractivity contribution is 7.99. The van der Waals surface area contributed by atoms with Crippen LogP contribution in [-0.4, -0.2) is 37.5 Å². The number of hydrogen-bond donors (Lipinski definition) is 3. The number of rotatable bonds is 9. The van der Waals surface area contributed by atoms with E-state index in [1.54, 1.807) is 26.0 Å². The number of hydrazine groups is 1. The van der Waals surface area contributed by atoms with Crippen molar-refractivity contribution in [2.24, 2.45) is 0 Å². The molecule has 2 aromatic rings. The first-order valence-electron chi connectivity index (χ1n) is 9.18. The summed E-state index contributed by atoms with van der Waals surface area (Å²) in [6, 6.07) is 14.1. The zero-order valence-corrected chi connectivity index (χ0v) is 18.5. The fraction of sp³-hybridized carbons (Fsp3) is 0.333. The lowest BCUT2D eigenvalue weighted by Crippen LogP contribution is -2.47. The summed E-state index contributed by atoms with van der Waals surface area (Å²) in [4.78, 5) is 11.9. The molecule has 0 unspecified atom stereocenters. The number of amides is 1. The summed E-state index contributed by atoms with van der Waals surface area (Å²) < 4.78 is 10.5. The molecule has 0 spiro atoms. The molecule has 0 aliphatic rings. The number of hydrogen-bond acceptors (Lipinski definition) is 5. The zero-order valence-electron chi connectivity index (χ0n) is 16.9. The Bertz CT molecular complexity index is 813. The van der Waals surface area contributed by atoms with Gasteiger partial charge in [-0.2, -0.15) is 0 Å². The molecule has 29 heavy (non-hydrogen) atoms. The van der Waals surface area contributed by atoms with Crippen LogP contribution in [0.25, 0.3) is 0 Å². The number of ether oxygens (including phenoxy) is 2. The monoisotopic (exact) mass is 433 g/mol. The van der Waals surface area contributed by atoms with Crippen LogP contribution in [0.4, 0.5) is 0 Å². The number of benzene rings is 2. The first-order chi connectivity index (χ1) is 14.0. The summed E-state index contributed by atoms with van der Waals surface area (Å²) in [5, 5.41) is 3.44. The van der Waals surface area contributed by atoms with E-state index in [2.05, 4.69) is 47.4 Å². The van der Waals surface area contributed by atoms with Crippen molar-refractivity contribution in [2.75, 3.05) is 26.5 Å². The second-order valence-corrected chi connectivity index (χ2v) is 7.74. The highest BCUT2D eigenvalue weighted by Gasteiger charge is 2.06. The van der Waals surface area contributed by atoms with E-state index in [-0.39, 0.29) is 5.91 Å². The van der Waals surface area contributed by atoms with Crippen molar-refractivity contribution in [3.05, 3.63) is 59.2 Å². The van der Waals surface area contributed by atoms with Gasteiger partial charge >= 0.3 is 0 Å². The standard InChI is InChI=1S/C21H27N3O3S2/c1-15-4-6-17(7-5-15)13-29-14-20(25)23-24-21(28)22-11-10-16-8-9-18(26-2)19(12-16)27-3/h4-9,12H,10-11,13-14H2,1-3H3,(H,23,25)(H2,22,24,28). The van der Waals surface area contributed by atoms with E-state index in [0.717, 1.165) is 17.7 Å². The van der Waals surface area contributed by atoms with Crippen LogP contribution in [0, 0.1) is 6.92 Å². The van der Waals surface area contributed by atoms with Gasteiger partial charge in [0.2, 0.25) is 5.91 Å². The van der Waals surface area contributed by atoms with Crippen molar-refractivity contribution in [3.63, 3.8) is 0 Å². The molecule has 2 rings (SSSR count). The highest BCUT2D eigenvalue weighted by Crippen LogP contribution is 2.27. The Balaban J connectivity index is 1.61. The van der Waals surface area contributed by atoms with Gasteiger partial charge in [-0.1, -0.05) is 35.9 Å². The van der Waals surface area contributed by atoms with Gasteiger partial charge in [-0.25, -0.2) is 0 Å². The molecule has 0 aromatic heterocycles. The third-order valence-corrected chi connectivity index (χ3v) is 5.34. The van der Waals surface area contributed by atoms with Gasteiger partial charge in [0, 0.05) is 12.3 Å². The minimum atomic E-state index is -0.119. The van der Waals surface area contributed by atoms with Gasteiger partial charge in [-0.3, -0.25) is 15.6 Å². The second kappa shape index (κ2) is 12.2. The van der Waals surface area contributed by atoms with Crippen molar-refractivity contribution in [1.82, 2.24) is 16.2 Å². The third-order valence-electron chi connectivity index (χ3n) is 4.09. The average Bonchev–Trinajstić information content (AvgIpc) is 2.73. The highest BCUT2D eigenvalue weighted by atomic mass is 32.2. The van der Waals surface area contributed by atoms with Crippen molar-refractivity contribution >= 4 is 35.0 Å². The van der Waals surface area contributed by atoms with E-state index in [1.807, 2.05) is 18.2 Å². The van der Waals surface area contributed by atoms with Crippen LogP contribution in [-0.2, 0) is 17.0 Å². The molecule has 0 saturated heterocycles. The van der Waals surface area contributed by atoms with Crippen molar-refractivity contribution < 1.29 is 14.3 Å². The Hall–Kier alpha value is -2.45. The lowest BCUT2D eigenvalue weighted by Gasteiger charge is -2.12. The summed E-state index contributed by atoms with van der Waals surface area (Å²) in [5.41, 5.74) is 8.86. The van der Waals surface area contributed by atoms with Gasteiger partial charge in [-0.15, -0.1) is 11.8 Å². The molecule has 8 heteroatoms. The van der Waals surface area contributed by atoms with E-state index in [0.29, 0.717) is 28.9 Å². The average molecular weight is 434 g/mol. The Morgan fingerprint density at radius 3 is 2.38 bits per heavy atom. The molecule has 3 N–H and O–H groups in total. The number of aryl methyl sites for hydroxylation is 1. The second-order valence-electron chi connectivity index (χ2n) is 6.35. The number of methoxy groups -OCH3 is 2. The minimum Gasteiger partial charge on any atom is -0.493 e. The van der Waals surface area contributed by atoms with Crippen molar-refractivity contribution in [3.8, 4) is 11.5 Å². The molecule has 156 valence electrons. The number of carbonyl (C=O) groups is 1. The fourth-order valence-electron chi connectivity index (χ4n) is 2.51. The lowest BCUT2D eigenvalue weighted by atomic mass is 10.1. The van der Waals surface area contributed by atoms with E-state index in [4.69, 9.17) is 21.7 Å². The Morgan fingerprint density at radius 2 is 1.69 bits per heavy atom. The number of carbonyl (C=O) groups excluding carboxylic acids is 1. The maximum atomic E-state index is 11.9. The molecule has 0 bridgehead atoms. The molecule has 2 aromatic carbocycles. The van der Waals surface area contributed by atoms with Gasteiger partial charge in [-0.05, 0) is 48.8 Å². The topological polar surface area (TPSA) is 71.6 Å². The van der Waals surface area contributed by atoms with Gasteiger partial charge in [0.05, 0.1) is 20.0 Å². The predicted molar refractivity (Wildman–Crippen MR) is 122 cm³/mol. The van der Waals surface area contributed by atoms with Gasteiger partial charge in [0.25, 0.3) is 0 Å². The van der Waals surface area contributed by atoms with Crippen molar-refractivity contribution in [2.45, 2.75) is 19.1 Å². The minimum absolute atomic E-state index is 0.119. The quantitative estimate of drug-likeness (QED) is 0.415. The summed E-state index contributed by atoms with van der Waals surface area (Å²) in [7, 11) is 3.22. The molecule has 0 saturated carbocycles. The zero-order chi connectivity index (χ0) is 21.1. The SMILES string of the molecule is COc1ccc(CCNC(=S)NNC(=O)CSCc2ccc(C)cc2)cc1OC. The normalized spacial score (nSPS) is 10.2. The fourth-order valence-corrected chi connectivity index (χ4v) is 3.45. The summed E-state index contributed by atoms with van der Waals surface area (Å²) in [6.07, 6.45) is 0.753. The lowest BCUT2D eigenvalue weighted by molar-refractivity contribution is -0.119. The van der Waals surface area contributed by atoms with E-state index in [9.17, 15) is 4.79 Å². The summed E-state index contributed by atoms with van der Waals surface area (Å²) in [5.74, 6) is 2.42. The Labute approximate surface area is 181 Å². The van der Waals surface area contributed by atoms with Crippen molar-refractivity contribution in [1.29, 1.82) is 0 Å². The first kappa shape index (κ1) is 22.8. The van der Waals surface area contributed by atoms with Crippen LogP contribution in [0.1, 0.15) is 16.7 Å². The molecule has 0 aliphatic carbocycles. The summed E-state index contributed by atoms with van der Waals surface area (Å²) in [6.45, 7) is 2.68. The van der Waals surface area contributed by atoms with Crippen LogP contribution in [0.2, 0.25) is 0 Å². The smallest absolute Gasteiger partial charge is 0.248 e. The van der Waals surface area contributed by atoms with E-state index >= 15 is 0 Å². The molecule has 0 aliphatic heterocycles. The maximum Gasteiger partial charge on any atom is 0.248 e. The van der Waals surface area contributed by atoms with Gasteiger partial charge in [0.1, 0.15) is 0 Å². The number of thiocarbonyl (C=S) groups is 1. The molecular formula is C21H27N3O3S2. The molecule has 1 amide bonds. The molecule has 0 radical (unpaired) electrons. The predicted octanol–water partition coefficient (Wildman–Crippen LogP) is 2.98. The molecular weight excluding hydrogens is 406 g/mol. The molecule has 0 fully saturated rings. The Kier molecular flexibility index (Phi) is 9.59. The van der Waals surface area contributed by atoms with E-state index < -0.39 is 0 Å². The molecule has 0 heterocycles. The maximum absolute atomic E-state index is 11.9. The van der Waals surface area contributed by atoms with Crippen LogP contribution < -0.4 is 25.6 Å². The Morgan fingerprint density at radius 1 is 1.00 bits per heavy atom. The third kappa shape index (κ3) is 8.21. The van der Waals surface area contributed by atoms with Gasteiger partial charge in [0.15, 0.2) is 16.6 Å².